The Morgan fingerprint density at radius 1 is 1.35 bits per heavy atom. The van der Waals surface area contributed by atoms with Gasteiger partial charge in [0.2, 0.25) is 5.91 Å². The molecule has 1 heterocycles. The van der Waals surface area contributed by atoms with Crippen LogP contribution in [0.25, 0.3) is 10.4 Å². The van der Waals surface area contributed by atoms with E-state index in [-0.39, 0.29) is 11.8 Å². The first-order chi connectivity index (χ1) is 8.20. The van der Waals surface area contributed by atoms with E-state index >= 15 is 0 Å². The first kappa shape index (κ1) is 12.4. The van der Waals surface area contributed by atoms with Crippen molar-refractivity contribution >= 4 is 45.6 Å². The number of halogens is 2. The molecule has 1 aromatic carbocycles. The molecular weight excluding hydrogens is 279 g/mol. The molecule has 2 aromatic rings. The molecule has 1 N–H and O–H groups in total. The lowest BCUT2D eigenvalue weighted by Crippen LogP contribution is -2.11. The summed E-state index contributed by atoms with van der Waals surface area (Å²) < 4.78 is 0. The van der Waals surface area contributed by atoms with Crippen LogP contribution in [0.5, 0.6) is 0 Å². The van der Waals surface area contributed by atoms with Crippen LogP contribution in [0.1, 0.15) is 0 Å². The number of carbonyl (C=O) groups excluding carboxylic acids is 1. The van der Waals surface area contributed by atoms with Crippen LogP contribution in [0.15, 0.2) is 30.3 Å². The lowest BCUT2D eigenvalue weighted by molar-refractivity contribution is -0.113. The minimum absolute atomic E-state index is 0.0993. The second kappa shape index (κ2) is 5.49. The van der Waals surface area contributed by atoms with Crippen LogP contribution in [-0.2, 0) is 4.79 Å². The number of anilines is 1. The number of nitrogens with zero attached hydrogens (tertiary/aromatic N) is 1. The molecule has 2 rings (SSSR count). The quantitative estimate of drug-likeness (QED) is 0.876. The van der Waals surface area contributed by atoms with E-state index in [0.29, 0.717) is 10.3 Å². The number of amides is 1. The fourth-order valence-electron chi connectivity index (χ4n) is 1.28. The molecule has 0 aliphatic rings. The summed E-state index contributed by atoms with van der Waals surface area (Å²) in [5.41, 5.74) is 0.973. The van der Waals surface area contributed by atoms with Crippen molar-refractivity contribution in [3.63, 3.8) is 0 Å². The van der Waals surface area contributed by atoms with Gasteiger partial charge in [-0.3, -0.25) is 4.79 Å². The minimum atomic E-state index is -0.295. The van der Waals surface area contributed by atoms with Crippen molar-refractivity contribution in [2.24, 2.45) is 0 Å². The van der Waals surface area contributed by atoms with Gasteiger partial charge in [-0.05, 0) is 5.56 Å². The summed E-state index contributed by atoms with van der Waals surface area (Å²) in [5.74, 6) is -0.394. The standard InChI is InChI=1S/C11H8Cl2N2OS/c12-6-8(16)14-11-15-10(13)9(17-11)7-4-2-1-3-5-7/h1-5H,6H2,(H,14,15,16). The Morgan fingerprint density at radius 3 is 2.71 bits per heavy atom. The number of hydrogen-bond acceptors (Lipinski definition) is 3. The van der Waals surface area contributed by atoms with E-state index in [1.54, 1.807) is 0 Å². The topological polar surface area (TPSA) is 42.0 Å². The molecule has 1 aromatic heterocycles. The lowest BCUT2D eigenvalue weighted by atomic mass is 10.2. The molecule has 1 amide bonds. The predicted molar refractivity (Wildman–Crippen MR) is 71.9 cm³/mol. The second-order valence-corrected chi connectivity index (χ2v) is 4.81. The van der Waals surface area contributed by atoms with E-state index in [9.17, 15) is 4.79 Å². The smallest absolute Gasteiger partial charge is 0.241 e. The number of nitrogens with one attached hydrogen (secondary N) is 1. The molecule has 17 heavy (non-hydrogen) atoms. The largest absolute Gasteiger partial charge is 0.301 e. The number of benzene rings is 1. The Kier molecular flexibility index (Phi) is 3.99. The molecule has 0 saturated carbocycles. The number of carbonyl (C=O) groups is 1. The number of hydrogen-bond donors (Lipinski definition) is 1. The van der Waals surface area contributed by atoms with Crippen molar-refractivity contribution in [2.45, 2.75) is 0 Å². The third-order valence-electron chi connectivity index (χ3n) is 1.99. The van der Waals surface area contributed by atoms with Crippen molar-refractivity contribution in [1.29, 1.82) is 0 Å². The molecule has 0 bridgehead atoms. The molecule has 0 spiro atoms. The predicted octanol–water partition coefficient (Wildman–Crippen LogP) is 3.64. The highest BCUT2D eigenvalue weighted by Gasteiger charge is 2.12. The molecule has 0 unspecified atom stereocenters. The van der Waals surface area contributed by atoms with Crippen LogP contribution in [0.4, 0.5) is 5.13 Å². The van der Waals surface area contributed by atoms with Crippen molar-refractivity contribution in [1.82, 2.24) is 4.98 Å². The molecule has 0 radical (unpaired) electrons. The van der Waals surface area contributed by atoms with Crippen molar-refractivity contribution in [3.05, 3.63) is 35.5 Å². The molecule has 0 aliphatic heterocycles. The van der Waals surface area contributed by atoms with Gasteiger partial charge < -0.3 is 5.32 Å². The molecular formula is C11H8Cl2N2OS. The molecule has 0 saturated heterocycles. The van der Waals surface area contributed by atoms with Gasteiger partial charge in [-0.15, -0.1) is 11.6 Å². The number of aromatic nitrogens is 1. The maximum atomic E-state index is 11.1. The van der Waals surface area contributed by atoms with Gasteiger partial charge >= 0.3 is 0 Å². The monoisotopic (exact) mass is 286 g/mol. The first-order valence-electron chi connectivity index (χ1n) is 4.78. The zero-order valence-corrected chi connectivity index (χ0v) is 10.9. The summed E-state index contributed by atoms with van der Waals surface area (Å²) in [6.07, 6.45) is 0. The van der Waals surface area contributed by atoms with E-state index < -0.39 is 0 Å². The number of thiazole rings is 1. The maximum absolute atomic E-state index is 11.1. The zero-order valence-electron chi connectivity index (χ0n) is 8.61. The SMILES string of the molecule is O=C(CCl)Nc1nc(Cl)c(-c2ccccc2)s1. The van der Waals surface area contributed by atoms with Gasteiger partial charge in [0.05, 0.1) is 4.88 Å². The summed E-state index contributed by atoms with van der Waals surface area (Å²) >= 11 is 12.7. The van der Waals surface area contributed by atoms with Gasteiger partial charge in [0.1, 0.15) is 11.0 Å². The van der Waals surface area contributed by atoms with Crippen molar-refractivity contribution in [3.8, 4) is 10.4 Å². The van der Waals surface area contributed by atoms with Crippen LogP contribution >= 0.6 is 34.5 Å². The van der Waals surface area contributed by atoms with Gasteiger partial charge in [0.15, 0.2) is 5.13 Å². The normalized spacial score (nSPS) is 10.2. The van der Waals surface area contributed by atoms with E-state index in [4.69, 9.17) is 23.2 Å². The zero-order chi connectivity index (χ0) is 12.3. The maximum Gasteiger partial charge on any atom is 0.241 e. The average molecular weight is 287 g/mol. The summed E-state index contributed by atoms with van der Waals surface area (Å²) in [7, 11) is 0. The van der Waals surface area contributed by atoms with Crippen LogP contribution < -0.4 is 5.32 Å². The summed E-state index contributed by atoms with van der Waals surface area (Å²) in [5, 5.41) is 3.41. The van der Waals surface area contributed by atoms with Crippen LogP contribution in [-0.4, -0.2) is 16.8 Å². The first-order valence-corrected chi connectivity index (χ1v) is 6.51. The number of rotatable bonds is 3. The van der Waals surface area contributed by atoms with Gasteiger partial charge in [0, 0.05) is 0 Å². The average Bonchev–Trinajstić information content (AvgIpc) is 2.71. The molecule has 3 nitrogen and oxygen atoms in total. The van der Waals surface area contributed by atoms with Gasteiger partial charge in [-0.25, -0.2) is 4.98 Å². The third-order valence-corrected chi connectivity index (χ3v) is 3.64. The molecule has 88 valence electrons. The Balaban J connectivity index is 2.28. The van der Waals surface area contributed by atoms with Crippen molar-refractivity contribution < 1.29 is 4.79 Å². The van der Waals surface area contributed by atoms with E-state index in [1.165, 1.54) is 11.3 Å². The van der Waals surface area contributed by atoms with Gasteiger partial charge in [-0.2, -0.15) is 0 Å². The fraction of sp³-hybridized carbons (Fsp3) is 0.0909. The minimum Gasteiger partial charge on any atom is -0.301 e. The van der Waals surface area contributed by atoms with Gasteiger partial charge in [-0.1, -0.05) is 53.3 Å². The summed E-state index contributed by atoms with van der Waals surface area (Å²) in [6.45, 7) is 0. The van der Waals surface area contributed by atoms with Crippen LogP contribution in [0.3, 0.4) is 0 Å². The Morgan fingerprint density at radius 2 is 2.06 bits per heavy atom. The Hall–Kier alpha value is -1.10. The molecule has 0 atom stereocenters. The van der Waals surface area contributed by atoms with Crippen LogP contribution in [0.2, 0.25) is 5.15 Å². The Bertz CT molecular complexity index is 528. The molecule has 6 heteroatoms. The van der Waals surface area contributed by atoms with E-state index in [2.05, 4.69) is 10.3 Å². The van der Waals surface area contributed by atoms with Crippen molar-refractivity contribution in [2.75, 3.05) is 11.2 Å². The van der Waals surface area contributed by atoms with E-state index in [1.807, 2.05) is 30.3 Å². The number of alkyl halides is 1. The molecule has 0 aliphatic carbocycles. The third kappa shape index (κ3) is 2.97. The highest BCUT2D eigenvalue weighted by atomic mass is 35.5. The van der Waals surface area contributed by atoms with E-state index in [0.717, 1.165) is 10.4 Å². The summed E-state index contributed by atoms with van der Waals surface area (Å²) in [6, 6.07) is 9.64. The Labute approximate surface area is 112 Å². The lowest BCUT2D eigenvalue weighted by Gasteiger charge is -1.96. The van der Waals surface area contributed by atoms with Crippen LogP contribution in [0, 0.1) is 0 Å². The fourth-order valence-corrected chi connectivity index (χ4v) is 2.58. The highest BCUT2D eigenvalue weighted by molar-refractivity contribution is 7.19. The molecule has 0 fully saturated rings. The summed E-state index contributed by atoms with van der Waals surface area (Å²) in [4.78, 5) is 16.0. The highest BCUT2D eigenvalue weighted by Crippen LogP contribution is 2.35. The van der Waals surface area contributed by atoms with Gasteiger partial charge in [0.25, 0.3) is 0 Å². The second-order valence-electron chi connectivity index (χ2n) is 3.19.